The lowest BCUT2D eigenvalue weighted by atomic mass is 10.1. The number of nitrogens with zero attached hydrogens (tertiary/aromatic N) is 4. The molecule has 1 N–H and O–H groups in total. The number of aryl methyl sites for hydroxylation is 2. The van der Waals surface area contributed by atoms with E-state index in [-0.39, 0.29) is 23.7 Å². The molecule has 4 heterocycles. The highest BCUT2D eigenvalue weighted by Crippen LogP contribution is 2.37. The van der Waals surface area contributed by atoms with E-state index >= 15 is 0 Å². The quantitative estimate of drug-likeness (QED) is 0.278. The maximum Gasteiger partial charge on any atom is 0.274 e. The number of carbonyl (C=O) groups is 2. The summed E-state index contributed by atoms with van der Waals surface area (Å²) in [5.41, 5.74) is 4.35. The standard InChI is InChI=1S/C29H26FN5O2S2/c1-17-5-7-20(8-6-17)27-33-23(25(39-27)19-9-11-21(30)12-10-19)28(37)34-13-3-4-22(34)16-31-26(36)24-18(2)32-29-35(24)14-15-38-29/h5-12,14-15,22H,3-4,13,16H2,1-2H3,(H,31,36)/t22-/m0/s1. The van der Waals surface area contributed by atoms with Gasteiger partial charge in [-0.3, -0.25) is 14.0 Å². The fourth-order valence-corrected chi connectivity index (χ4v) is 6.82. The van der Waals surface area contributed by atoms with E-state index in [1.54, 1.807) is 16.5 Å². The molecule has 0 aliphatic carbocycles. The van der Waals surface area contributed by atoms with Gasteiger partial charge in [0.1, 0.15) is 22.2 Å². The highest BCUT2D eigenvalue weighted by molar-refractivity contribution is 7.18. The van der Waals surface area contributed by atoms with Gasteiger partial charge in [0.15, 0.2) is 4.96 Å². The van der Waals surface area contributed by atoms with Gasteiger partial charge < -0.3 is 10.2 Å². The summed E-state index contributed by atoms with van der Waals surface area (Å²) in [7, 11) is 0. The Morgan fingerprint density at radius 3 is 2.56 bits per heavy atom. The zero-order valence-corrected chi connectivity index (χ0v) is 23.1. The van der Waals surface area contributed by atoms with Gasteiger partial charge in [-0.05, 0) is 44.4 Å². The molecule has 1 fully saturated rings. The number of nitrogens with one attached hydrogen (secondary N) is 1. The molecule has 1 atom stereocenters. The van der Waals surface area contributed by atoms with Crippen LogP contribution in [-0.4, -0.2) is 50.2 Å². The Morgan fingerprint density at radius 1 is 1.05 bits per heavy atom. The second-order valence-electron chi connectivity index (χ2n) is 9.68. The summed E-state index contributed by atoms with van der Waals surface area (Å²) in [6.45, 7) is 4.77. The van der Waals surface area contributed by atoms with E-state index in [9.17, 15) is 14.0 Å². The summed E-state index contributed by atoms with van der Waals surface area (Å²) in [6, 6.07) is 14.0. The molecule has 7 nitrogen and oxygen atoms in total. The predicted octanol–water partition coefficient (Wildman–Crippen LogP) is 5.98. The molecule has 3 aromatic heterocycles. The number of rotatable bonds is 6. The second-order valence-corrected chi connectivity index (χ2v) is 11.5. The first kappa shape index (κ1) is 25.4. The summed E-state index contributed by atoms with van der Waals surface area (Å²) in [5.74, 6) is -0.722. The molecule has 0 radical (unpaired) electrons. The molecule has 2 aromatic carbocycles. The summed E-state index contributed by atoms with van der Waals surface area (Å²) in [4.78, 5) is 39.6. The van der Waals surface area contributed by atoms with Crippen LogP contribution in [0.15, 0.2) is 60.1 Å². The normalized spacial score (nSPS) is 15.3. The SMILES string of the molecule is Cc1ccc(-c2nc(C(=O)N3CCC[C@H]3CNC(=O)c3c(C)nc4sccn34)c(-c3ccc(F)cc3)s2)cc1. The Labute approximate surface area is 233 Å². The number of amides is 2. The van der Waals surface area contributed by atoms with Gasteiger partial charge in [-0.15, -0.1) is 22.7 Å². The third-order valence-corrected chi connectivity index (χ3v) is 8.93. The first-order chi connectivity index (χ1) is 18.9. The lowest BCUT2D eigenvalue weighted by Crippen LogP contribution is -2.43. The van der Waals surface area contributed by atoms with Crippen LogP contribution < -0.4 is 5.32 Å². The van der Waals surface area contributed by atoms with Crippen molar-refractivity contribution in [1.29, 1.82) is 0 Å². The van der Waals surface area contributed by atoms with Crippen molar-refractivity contribution in [3.63, 3.8) is 0 Å². The predicted molar refractivity (Wildman–Crippen MR) is 152 cm³/mol. The summed E-state index contributed by atoms with van der Waals surface area (Å²) in [6.07, 6.45) is 3.46. The zero-order valence-electron chi connectivity index (χ0n) is 21.5. The number of benzene rings is 2. The molecule has 6 rings (SSSR count). The van der Waals surface area contributed by atoms with Gasteiger partial charge >= 0.3 is 0 Å². The summed E-state index contributed by atoms with van der Waals surface area (Å²) in [5, 5.41) is 5.66. The molecule has 39 heavy (non-hydrogen) atoms. The number of likely N-dealkylation sites (tertiary alicyclic amines) is 1. The maximum absolute atomic E-state index is 14.0. The average Bonchev–Trinajstić information content (AvgIpc) is 3.72. The molecule has 0 bridgehead atoms. The second kappa shape index (κ2) is 10.3. The molecule has 1 saturated heterocycles. The molecule has 1 aliphatic rings. The van der Waals surface area contributed by atoms with E-state index in [0.717, 1.165) is 39.5 Å². The van der Waals surface area contributed by atoms with Crippen molar-refractivity contribution < 1.29 is 14.0 Å². The molecule has 198 valence electrons. The van der Waals surface area contributed by atoms with Crippen LogP contribution in [0.25, 0.3) is 26.0 Å². The minimum absolute atomic E-state index is 0.154. The van der Waals surface area contributed by atoms with Gasteiger partial charge in [-0.1, -0.05) is 42.0 Å². The topological polar surface area (TPSA) is 79.6 Å². The Kier molecular flexibility index (Phi) is 6.74. The monoisotopic (exact) mass is 559 g/mol. The summed E-state index contributed by atoms with van der Waals surface area (Å²) >= 11 is 2.90. The first-order valence-electron chi connectivity index (χ1n) is 12.7. The zero-order chi connectivity index (χ0) is 27.1. The molecule has 10 heteroatoms. The molecule has 0 saturated carbocycles. The lowest BCUT2D eigenvalue weighted by Gasteiger charge is -2.24. The van der Waals surface area contributed by atoms with E-state index in [4.69, 9.17) is 4.98 Å². The van der Waals surface area contributed by atoms with Crippen LogP contribution in [0.5, 0.6) is 0 Å². The maximum atomic E-state index is 14.0. The number of hydrogen-bond donors (Lipinski definition) is 1. The van der Waals surface area contributed by atoms with Gasteiger partial charge in [-0.25, -0.2) is 14.4 Å². The van der Waals surface area contributed by atoms with Crippen LogP contribution in [0.3, 0.4) is 0 Å². The van der Waals surface area contributed by atoms with Gasteiger partial charge in [0.2, 0.25) is 0 Å². The number of carbonyl (C=O) groups excluding carboxylic acids is 2. The molecule has 2 amide bonds. The Hall–Kier alpha value is -3.89. The van der Waals surface area contributed by atoms with E-state index in [0.29, 0.717) is 35.0 Å². The van der Waals surface area contributed by atoms with Crippen molar-refractivity contribution in [2.45, 2.75) is 32.7 Å². The lowest BCUT2D eigenvalue weighted by molar-refractivity contribution is 0.0720. The van der Waals surface area contributed by atoms with Crippen LogP contribution in [0.2, 0.25) is 0 Å². The van der Waals surface area contributed by atoms with Crippen molar-refractivity contribution in [2.24, 2.45) is 0 Å². The van der Waals surface area contributed by atoms with Crippen molar-refractivity contribution in [1.82, 2.24) is 24.6 Å². The highest BCUT2D eigenvalue weighted by Gasteiger charge is 2.33. The van der Waals surface area contributed by atoms with E-state index < -0.39 is 0 Å². The van der Waals surface area contributed by atoms with Crippen LogP contribution in [-0.2, 0) is 0 Å². The fourth-order valence-electron chi connectivity index (χ4n) is 4.99. The van der Waals surface area contributed by atoms with Crippen molar-refractivity contribution in [3.05, 3.63) is 88.6 Å². The number of aromatic nitrogens is 3. The molecule has 0 unspecified atom stereocenters. The van der Waals surface area contributed by atoms with Gasteiger partial charge in [0.05, 0.1) is 10.6 Å². The van der Waals surface area contributed by atoms with E-state index in [2.05, 4.69) is 10.3 Å². The highest BCUT2D eigenvalue weighted by atomic mass is 32.1. The van der Waals surface area contributed by atoms with E-state index in [1.807, 2.05) is 54.6 Å². The first-order valence-corrected chi connectivity index (χ1v) is 14.4. The minimum atomic E-state index is -0.335. The summed E-state index contributed by atoms with van der Waals surface area (Å²) < 4.78 is 15.5. The molecule has 1 aliphatic heterocycles. The largest absolute Gasteiger partial charge is 0.349 e. The molecule has 0 spiro atoms. The number of fused-ring (bicyclic) bond motifs is 1. The third-order valence-electron chi connectivity index (χ3n) is 7.02. The van der Waals surface area contributed by atoms with Crippen molar-refractivity contribution in [3.8, 4) is 21.0 Å². The van der Waals surface area contributed by atoms with Gasteiger partial charge in [0.25, 0.3) is 11.8 Å². The smallest absolute Gasteiger partial charge is 0.274 e. The fraction of sp³-hybridized carbons (Fsp3) is 0.241. The molecular formula is C29H26FN5O2S2. The Bertz CT molecular complexity index is 1670. The van der Waals surface area contributed by atoms with Crippen LogP contribution in [0, 0.1) is 19.7 Å². The Morgan fingerprint density at radius 2 is 1.79 bits per heavy atom. The number of thiazole rings is 2. The Balaban J connectivity index is 1.27. The van der Waals surface area contributed by atoms with Gasteiger partial charge in [-0.2, -0.15) is 0 Å². The van der Waals surface area contributed by atoms with Crippen molar-refractivity contribution in [2.75, 3.05) is 13.1 Å². The molecule has 5 aromatic rings. The van der Waals surface area contributed by atoms with Crippen LogP contribution >= 0.6 is 22.7 Å². The molecular weight excluding hydrogens is 533 g/mol. The van der Waals surface area contributed by atoms with Crippen molar-refractivity contribution >= 4 is 39.4 Å². The van der Waals surface area contributed by atoms with E-state index in [1.165, 1.54) is 34.8 Å². The minimum Gasteiger partial charge on any atom is -0.349 e. The number of imidazole rings is 1. The number of hydrogen-bond acceptors (Lipinski definition) is 6. The average molecular weight is 560 g/mol. The van der Waals surface area contributed by atoms with Crippen LogP contribution in [0.4, 0.5) is 4.39 Å². The van der Waals surface area contributed by atoms with Gasteiger partial charge in [0, 0.05) is 36.3 Å². The number of halogens is 1. The van der Waals surface area contributed by atoms with Crippen LogP contribution in [0.1, 0.15) is 45.1 Å². The third kappa shape index (κ3) is 4.86.